The Morgan fingerprint density at radius 3 is 0.500 bits per heavy atom. The van der Waals surface area contributed by atoms with Crippen LogP contribution in [0.15, 0.2) is 48.5 Å². The van der Waals surface area contributed by atoms with E-state index < -0.39 is 34.1 Å². The second kappa shape index (κ2) is 40.5. The molecule has 0 saturated carbocycles. The van der Waals surface area contributed by atoms with Gasteiger partial charge in [-0.15, -0.1) is 0 Å². The molecule has 0 N–H and O–H groups in total. The first-order valence-electron chi connectivity index (χ1n) is 39.5. The monoisotopic (exact) mass is 1400 g/mol. The molecule has 0 radical (unpaired) electrons. The number of hydrogen-bond acceptors (Lipinski definition) is 12. The van der Waals surface area contributed by atoms with Gasteiger partial charge >= 0.3 is 34.1 Å². The van der Waals surface area contributed by atoms with Crippen molar-refractivity contribution in [3.63, 3.8) is 0 Å². The van der Waals surface area contributed by atoms with Gasteiger partial charge in [0.1, 0.15) is 46.0 Å². The van der Waals surface area contributed by atoms with Gasteiger partial charge in [-0.2, -0.15) is 0 Å². The molecule has 4 aliphatic heterocycles. The van der Waals surface area contributed by atoms with E-state index in [1.807, 2.05) is 0 Å². The Morgan fingerprint density at radius 1 is 0.208 bits per heavy atom. The van der Waals surface area contributed by atoms with Crippen LogP contribution in [-0.4, -0.2) is 71.0 Å². The van der Waals surface area contributed by atoms with Crippen molar-refractivity contribution >= 4 is 34.1 Å². The van der Waals surface area contributed by atoms with Gasteiger partial charge in [0.2, 0.25) is 0 Å². The minimum absolute atomic E-state index is 0.0497. The van der Waals surface area contributed by atoms with Crippen LogP contribution >= 0.6 is 34.1 Å². The zero-order valence-electron chi connectivity index (χ0n) is 62.1. The Hall–Kier alpha value is -3.16. The molecule has 0 unspecified atom stereocenters. The third-order valence-corrected chi connectivity index (χ3v) is 28.1. The summed E-state index contributed by atoms with van der Waals surface area (Å²) in [7, 11) is -6.63. The number of hydrogen-bond donors (Lipinski definition) is 0. The van der Waals surface area contributed by atoms with Gasteiger partial charge in [-0.3, -0.25) is 0 Å². The standard InChI is InChI=1S/C80H128N4O8P4/c1-13-25-29-33-37-41-45-49-61-65-53-67-62(50-46-42-38-34-30-26-14-2)69-55-71-64(52-48-44-40-36-32-28-16-4)72-56-70-63(51-47-43-39-35-31-27-15-3)68-54-66(61)74-58-76(68)88-95(83(21-9)22-10)90-78(70)60-80(72)92-96(84(23-11)24-12)91-79(71)59-77(69)89-94(82(19-7)20-8)87-75(67)57-73(65)85-93(86-74)81(17-5)18-6/h53-64H,13-52H2,1-12H3. The molecule has 4 aromatic carbocycles. The lowest BCUT2D eigenvalue weighted by molar-refractivity contribution is 0.348. The first-order valence-corrected chi connectivity index (χ1v) is 44.0. The molecule has 0 amide bonds. The van der Waals surface area contributed by atoms with Gasteiger partial charge in [0.15, 0.2) is 0 Å². The lowest BCUT2D eigenvalue weighted by atomic mass is 9.76. The van der Waals surface area contributed by atoms with Crippen LogP contribution in [-0.2, 0) is 0 Å². The first kappa shape index (κ1) is 77.0. The van der Waals surface area contributed by atoms with E-state index in [0.717, 1.165) is 150 Å². The average molecular weight is 1400 g/mol. The predicted molar refractivity (Wildman–Crippen MR) is 408 cm³/mol. The van der Waals surface area contributed by atoms with Gasteiger partial charge in [-0.05, 0) is 49.9 Å². The molecule has 5 aliphatic rings. The second-order valence-electron chi connectivity index (χ2n) is 27.8. The minimum atomic E-state index is -1.66. The number of benzene rings is 4. The summed E-state index contributed by atoms with van der Waals surface area (Å²) in [6.45, 7) is 33.3. The molecule has 1 aliphatic carbocycles. The van der Waals surface area contributed by atoms with Crippen LogP contribution in [0.25, 0.3) is 0 Å². The number of unbranched alkanes of at least 4 members (excludes halogenated alkanes) is 24. The van der Waals surface area contributed by atoms with Crippen molar-refractivity contribution in [3.05, 3.63) is 93.0 Å². The fourth-order valence-corrected chi connectivity index (χ4v) is 20.9. The summed E-state index contributed by atoms with van der Waals surface area (Å²) in [6, 6.07) is 19.7. The average Bonchev–Trinajstić information content (AvgIpc) is 0.735. The normalized spacial score (nSPS) is 20.5. The van der Waals surface area contributed by atoms with Crippen LogP contribution < -0.4 is 36.2 Å². The largest absolute Gasteiger partial charge is 0.427 e. The van der Waals surface area contributed by atoms with Gasteiger partial charge < -0.3 is 36.2 Å². The fraction of sp³-hybridized carbons (Fsp3) is 0.700. The van der Waals surface area contributed by atoms with Gasteiger partial charge in [0.05, 0.1) is 0 Å². The van der Waals surface area contributed by atoms with E-state index >= 15 is 0 Å². The Bertz CT molecular complexity index is 2450. The number of rotatable bonds is 44. The highest BCUT2D eigenvalue weighted by atomic mass is 31.2. The Morgan fingerprint density at radius 2 is 0.354 bits per heavy atom. The summed E-state index contributed by atoms with van der Waals surface area (Å²) >= 11 is 0. The van der Waals surface area contributed by atoms with Crippen molar-refractivity contribution in [2.45, 2.75) is 312 Å². The smallest absolute Gasteiger partial charge is 0.384 e. The maximum absolute atomic E-state index is 7.68. The Kier molecular flexibility index (Phi) is 32.5. The SMILES string of the molecule is CCCCCCCCCC1c2cc3c4cc2OP(N(CC)CC)Oc2cc5c(cc21)C(CCCCCCCCC)c1cc2c(cc1OP(N(CC)CC)O5)OP(N(CC)CC)Oc1cc(c(cc1C2CCCCCCCCC)C3CCCCCCCCC)OP(N(CC)CC)O4. The molecule has 4 aromatic rings. The quantitative estimate of drug-likeness (QED) is 0.0312. The summed E-state index contributed by atoms with van der Waals surface area (Å²) in [5, 5.41) is 0. The van der Waals surface area contributed by atoms with Gasteiger partial charge in [-0.1, -0.05) is 263 Å². The molecule has 0 fully saturated rings. The van der Waals surface area contributed by atoms with Gasteiger partial charge in [-0.25, -0.2) is 18.7 Å². The minimum Gasteiger partial charge on any atom is -0.427 e. The highest BCUT2D eigenvalue weighted by Crippen LogP contribution is 2.64. The van der Waals surface area contributed by atoms with Crippen LogP contribution in [0.2, 0.25) is 0 Å². The van der Waals surface area contributed by atoms with Crippen LogP contribution in [0.1, 0.15) is 357 Å². The molecule has 0 spiro atoms. The zero-order chi connectivity index (χ0) is 67.8. The van der Waals surface area contributed by atoms with E-state index in [-0.39, 0.29) is 23.7 Å². The molecule has 0 atom stereocenters. The molecule has 96 heavy (non-hydrogen) atoms. The zero-order valence-corrected chi connectivity index (χ0v) is 65.6. The van der Waals surface area contributed by atoms with Gasteiger partial charge in [0.25, 0.3) is 0 Å². The highest BCUT2D eigenvalue weighted by molar-refractivity contribution is 7.46. The van der Waals surface area contributed by atoms with E-state index in [2.05, 4.69) is 150 Å². The van der Waals surface area contributed by atoms with E-state index in [0.29, 0.717) is 0 Å². The van der Waals surface area contributed by atoms with Crippen molar-refractivity contribution in [2.24, 2.45) is 0 Å². The molecule has 16 heteroatoms. The summed E-state index contributed by atoms with van der Waals surface area (Å²) in [4.78, 5) is 0. The van der Waals surface area contributed by atoms with Crippen molar-refractivity contribution in [3.8, 4) is 46.0 Å². The topological polar surface area (TPSA) is 86.8 Å². The second-order valence-corrected chi connectivity index (χ2v) is 33.4. The third-order valence-electron chi connectivity index (χ3n) is 21.2. The van der Waals surface area contributed by atoms with Crippen molar-refractivity contribution in [1.29, 1.82) is 0 Å². The summed E-state index contributed by atoms with van der Waals surface area (Å²) in [6.07, 6.45) is 38.3. The molecular weight excluding hydrogens is 1270 g/mol. The summed E-state index contributed by atoms with van der Waals surface area (Å²) in [5.41, 5.74) is 9.92. The molecular formula is C80H128N4O8P4. The Balaban J connectivity index is 1.41. The van der Waals surface area contributed by atoms with E-state index in [1.54, 1.807) is 0 Å². The maximum Gasteiger partial charge on any atom is 0.384 e. The van der Waals surface area contributed by atoms with Crippen molar-refractivity contribution in [1.82, 2.24) is 18.7 Å². The number of nitrogens with zero attached hydrogens (tertiary/aromatic N) is 4. The summed E-state index contributed by atoms with van der Waals surface area (Å²) < 4.78 is 70.9. The molecule has 0 saturated heterocycles. The lowest BCUT2D eigenvalue weighted by Crippen LogP contribution is -2.27. The Labute approximate surface area is 589 Å². The van der Waals surface area contributed by atoms with E-state index in [4.69, 9.17) is 36.2 Å². The maximum atomic E-state index is 7.68. The van der Waals surface area contributed by atoms with E-state index in [1.165, 1.54) is 199 Å². The molecule has 4 heterocycles. The fourth-order valence-electron chi connectivity index (χ4n) is 15.4. The van der Waals surface area contributed by atoms with Crippen molar-refractivity contribution in [2.75, 3.05) is 52.4 Å². The van der Waals surface area contributed by atoms with Gasteiger partial charge in [0, 0.05) is 145 Å². The van der Waals surface area contributed by atoms with Crippen LogP contribution in [0.4, 0.5) is 0 Å². The molecule has 0 aromatic heterocycles. The predicted octanol–water partition coefficient (Wildman–Crippen LogP) is 26.5. The van der Waals surface area contributed by atoms with Crippen LogP contribution in [0, 0.1) is 0 Å². The molecule has 9 rings (SSSR count). The third kappa shape index (κ3) is 19.7. The van der Waals surface area contributed by atoms with Crippen molar-refractivity contribution < 1.29 is 36.2 Å². The van der Waals surface area contributed by atoms with E-state index in [9.17, 15) is 0 Å². The first-order chi connectivity index (χ1) is 47.1. The lowest BCUT2D eigenvalue weighted by Gasteiger charge is -2.39. The molecule has 12 nitrogen and oxygen atoms in total. The van der Waals surface area contributed by atoms with Crippen LogP contribution in [0.3, 0.4) is 0 Å². The van der Waals surface area contributed by atoms with Crippen LogP contribution in [0.5, 0.6) is 46.0 Å². The molecule has 8 bridgehead atoms. The highest BCUT2D eigenvalue weighted by Gasteiger charge is 2.43. The summed E-state index contributed by atoms with van der Waals surface area (Å²) in [5.74, 6) is 6.74. The molecule has 536 valence electrons.